The van der Waals surface area contributed by atoms with Gasteiger partial charge in [-0.1, -0.05) is 11.8 Å². The fourth-order valence-electron chi connectivity index (χ4n) is 4.46. The van der Waals surface area contributed by atoms with Crippen LogP contribution < -0.4 is 24.4 Å². The zero-order chi connectivity index (χ0) is 29.9. The maximum absolute atomic E-state index is 13.1. The Balaban J connectivity index is 1.50. The van der Waals surface area contributed by atoms with Crippen molar-refractivity contribution in [2.45, 2.75) is 75.2 Å². The monoisotopic (exact) mass is 585 g/mol. The van der Waals surface area contributed by atoms with Gasteiger partial charge in [-0.05, 0) is 71.7 Å². The highest BCUT2D eigenvalue weighted by molar-refractivity contribution is 7.99. The van der Waals surface area contributed by atoms with Gasteiger partial charge >= 0.3 is 12.1 Å². The maximum atomic E-state index is 13.1. The van der Waals surface area contributed by atoms with Crippen LogP contribution in [0.2, 0.25) is 0 Å². The fraction of sp³-hybridized carbons (Fsp3) is 0.433. The van der Waals surface area contributed by atoms with Crippen molar-refractivity contribution in [2.24, 2.45) is 0 Å². The molecule has 2 aromatic carbocycles. The zero-order valence-electron chi connectivity index (χ0n) is 24.3. The van der Waals surface area contributed by atoms with Gasteiger partial charge in [-0.3, -0.25) is 9.69 Å². The predicted octanol–water partition coefficient (Wildman–Crippen LogP) is 6.05. The Morgan fingerprint density at radius 1 is 1.05 bits per heavy atom. The molecule has 10 nitrogen and oxygen atoms in total. The zero-order valence-corrected chi connectivity index (χ0v) is 25.1. The molecular weight excluding hydrogens is 550 g/mol. The van der Waals surface area contributed by atoms with Crippen LogP contribution in [0.15, 0.2) is 55.6 Å². The van der Waals surface area contributed by atoms with Crippen LogP contribution in [0, 0.1) is 0 Å². The summed E-state index contributed by atoms with van der Waals surface area (Å²) in [4.78, 5) is 40.6. The first-order valence-corrected chi connectivity index (χ1v) is 14.1. The molecule has 11 heteroatoms. The van der Waals surface area contributed by atoms with Gasteiger partial charge in [-0.15, -0.1) is 0 Å². The summed E-state index contributed by atoms with van der Waals surface area (Å²) in [6, 6.07) is 9.10. The topological polar surface area (TPSA) is 114 Å². The third kappa shape index (κ3) is 7.08. The number of carbonyl (C=O) groups excluding carboxylic acids is 2. The highest BCUT2D eigenvalue weighted by atomic mass is 32.2. The minimum atomic E-state index is -0.669. The molecule has 4 rings (SSSR count). The lowest BCUT2D eigenvalue weighted by atomic mass is 10.1. The Morgan fingerprint density at radius 3 is 2.34 bits per heavy atom. The smallest absolute Gasteiger partial charge is 0.415 e. The van der Waals surface area contributed by atoms with Crippen LogP contribution in [0.3, 0.4) is 0 Å². The van der Waals surface area contributed by atoms with E-state index in [-0.39, 0.29) is 22.7 Å². The van der Waals surface area contributed by atoms with Crippen molar-refractivity contribution in [1.82, 2.24) is 4.90 Å². The third-order valence-corrected chi connectivity index (χ3v) is 6.97. The lowest BCUT2D eigenvalue weighted by Gasteiger charge is -2.26. The summed E-state index contributed by atoms with van der Waals surface area (Å²) in [5.74, 6) is 0.841. The third-order valence-electron chi connectivity index (χ3n) is 6.06. The number of ether oxygens (including phenoxy) is 5. The summed E-state index contributed by atoms with van der Waals surface area (Å²) in [6.07, 6.45) is 0.468. The van der Waals surface area contributed by atoms with Gasteiger partial charge in [0.15, 0.2) is 22.0 Å². The Bertz CT molecular complexity index is 1470. The SMILES string of the molecule is COc1c(OC(C)C)cc2oc(Sc3ccc(OC(=O)N4CCC[C@H]4C(=O)OC(C)(C)C)cc3)cc(=O)c2c1OC. The largest absolute Gasteiger partial charge is 0.492 e. The van der Waals surface area contributed by atoms with Gasteiger partial charge < -0.3 is 28.1 Å². The lowest BCUT2D eigenvalue weighted by molar-refractivity contribution is -0.159. The molecular formula is C30H35NO9S. The van der Waals surface area contributed by atoms with Crippen LogP contribution >= 0.6 is 11.8 Å². The van der Waals surface area contributed by atoms with Gasteiger partial charge in [-0.2, -0.15) is 0 Å². The van der Waals surface area contributed by atoms with Crippen LogP contribution in [0.25, 0.3) is 11.0 Å². The van der Waals surface area contributed by atoms with Crippen LogP contribution in [0.5, 0.6) is 23.0 Å². The fourth-order valence-corrected chi connectivity index (χ4v) is 5.26. The maximum Gasteiger partial charge on any atom is 0.415 e. The van der Waals surface area contributed by atoms with Crippen molar-refractivity contribution < 1.29 is 37.7 Å². The van der Waals surface area contributed by atoms with Gasteiger partial charge in [0.1, 0.15) is 28.4 Å². The van der Waals surface area contributed by atoms with Crippen molar-refractivity contribution in [1.29, 1.82) is 0 Å². The number of amides is 1. The van der Waals surface area contributed by atoms with Crippen molar-refractivity contribution in [3.8, 4) is 23.0 Å². The molecule has 0 aliphatic carbocycles. The number of nitrogens with zero attached hydrogens (tertiary/aromatic N) is 1. The summed E-state index contributed by atoms with van der Waals surface area (Å²) >= 11 is 1.23. The van der Waals surface area contributed by atoms with Gasteiger partial charge in [0.25, 0.3) is 0 Å². The molecule has 1 saturated heterocycles. The molecule has 2 heterocycles. The van der Waals surface area contributed by atoms with Crippen molar-refractivity contribution in [3.05, 3.63) is 46.6 Å². The second-order valence-electron chi connectivity index (χ2n) is 10.7. The van der Waals surface area contributed by atoms with Crippen LogP contribution in [-0.2, 0) is 9.53 Å². The number of methoxy groups -OCH3 is 2. The van der Waals surface area contributed by atoms with E-state index >= 15 is 0 Å². The lowest BCUT2D eigenvalue weighted by Crippen LogP contribution is -2.44. The summed E-state index contributed by atoms with van der Waals surface area (Å²) in [5, 5.41) is 0.603. The molecule has 1 aromatic heterocycles. The minimum Gasteiger partial charge on any atom is -0.492 e. The molecule has 220 valence electrons. The molecule has 0 bridgehead atoms. The Hall–Kier alpha value is -3.86. The van der Waals surface area contributed by atoms with E-state index in [1.807, 2.05) is 13.8 Å². The van der Waals surface area contributed by atoms with Crippen LogP contribution in [-0.4, -0.2) is 55.5 Å². The van der Waals surface area contributed by atoms with Crippen LogP contribution in [0.1, 0.15) is 47.5 Å². The first-order valence-electron chi connectivity index (χ1n) is 13.3. The Kier molecular flexibility index (Phi) is 9.06. The predicted molar refractivity (Wildman–Crippen MR) is 154 cm³/mol. The molecule has 1 atom stereocenters. The van der Waals surface area contributed by atoms with E-state index in [1.165, 1.54) is 36.9 Å². The molecule has 1 aliphatic heterocycles. The Morgan fingerprint density at radius 2 is 1.73 bits per heavy atom. The van der Waals surface area contributed by atoms with Gasteiger partial charge in [-0.25, -0.2) is 9.59 Å². The first-order chi connectivity index (χ1) is 19.4. The minimum absolute atomic E-state index is 0.142. The molecule has 41 heavy (non-hydrogen) atoms. The number of benzene rings is 2. The second kappa shape index (κ2) is 12.3. The van der Waals surface area contributed by atoms with E-state index in [1.54, 1.807) is 51.1 Å². The Labute approximate surface area is 242 Å². The number of likely N-dealkylation sites (tertiary alicyclic amines) is 1. The second-order valence-corrected chi connectivity index (χ2v) is 11.8. The first kappa shape index (κ1) is 30.1. The van der Waals surface area contributed by atoms with Crippen molar-refractivity contribution >= 4 is 34.8 Å². The van der Waals surface area contributed by atoms with Crippen molar-refractivity contribution in [3.63, 3.8) is 0 Å². The molecule has 0 N–H and O–H groups in total. The van der Waals surface area contributed by atoms with E-state index in [2.05, 4.69) is 0 Å². The summed E-state index contributed by atoms with van der Waals surface area (Å²) in [7, 11) is 2.93. The number of hydrogen-bond acceptors (Lipinski definition) is 10. The van der Waals surface area contributed by atoms with Crippen molar-refractivity contribution in [2.75, 3.05) is 20.8 Å². The molecule has 1 fully saturated rings. The van der Waals surface area contributed by atoms with E-state index in [4.69, 9.17) is 28.1 Å². The van der Waals surface area contributed by atoms with E-state index in [9.17, 15) is 14.4 Å². The summed E-state index contributed by atoms with van der Waals surface area (Å²) in [6.45, 7) is 9.54. The highest BCUT2D eigenvalue weighted by Gasteiger charge is 2.38. The standard InChI is InChI=1S/C30H35NO9S/c1-17(2)37-23-16-22-25(27(36-7)26(23)35-6)21(32)15-24(39-22)41-19-12-10-18(11-13-19)38-29(34)31-14-8-9-20(31)28(33)40-30(3,4)5/h10-13,15-17,20H,8-9,14H2,1-7H3/t20-/m0/s1. The normalized spacial score (nSPS) is 15.2. The molecule has 1 aliphatic rings. The average molecular weight is 586 g/mol. The number of esters is 1. The van der Waals surface area contributed by atoms with E-state index in [0.717, 1.165) is 4.90 Å². The summed E-state index contributed by atoms with van der Waals surface area (Å²) < 4.78 is 33.9. The van der Waals surface area contributed by atoms with Gasteiger partial charge in [0.05, 0.1) is 20.3 Å². The quantitative estimate of drug-likeness (QED) is 0.289. The molecule has 1 amide bonds. The van der Waals surface area contributed by atoms with E-state index < -0.39 is 23.7 Å². The number of carbonyl (C=O) groups is 2. The molecule has 0 saturated carbocycles. The summed E-state index contributed by atoms with van der Waals surface area (Å²) in [5.41, 5.74) is -0.643. The number of rotatable bonds is 8. The molecule has 3 aromatic rings. The van der Waals surface area contributed by atoms with Crippen LogP contribution in [0.4, 0.5) is 4.79 Å². The number of fused-ring (bicyclic) bond motifs is 1. The van der Waals surface area contributed by atoms with Gasteiger partial charge in [0, 0.05) is 23.6 Å². The number of hydrogen-bond donors (Lipinski definition) is 0. The molecule has 0 radical (unpaired) electrons. The highest BCUT2D eigenvalue weighted by Crippen LogP contribution is 2.43. The molecule has 0 unspecified atom stereocenters. The van der Waals surface area contributed by atoms with Gasteiger partial charge in [0.2, 0.25) is 5.75 Å². The average Bonchev–Trinajstić information content (AvgIpc) is 3.38. The van der Waals surface area contributed by atoms with E-state index in [0.29, 0.717) is 47.3 Å². The molecule has 0 spiro atoms.